The Bertz CT molecular complexity index is 963. The number of nitrogens with one attached hydrogen (secondary N) is 2. The third-order valence-electron chi connectivity index (χ3n) is 4.67. The van der Waals surface area contributed by atoms with Crippen molar-refractivity contribution in [2.24, 2.45) is 0 Å². The predicted octanol–water partition coefficient (Wildman–Crippen LogP) is 3.49. The van der Waals surface area contributed by atoms with E-state index in [1.807, 2.05) is 62.4 Å². The van der Waals surface area contributed by atoms with Gasteiger partial charge in [0.05, 0.1) is 5.69 Å². The van der Waals surface area contributed by atoms with E-state index in [4.69, 9.17) is 9.47 Å². The Morgan fingerprint density at radius 3 is 2.79 bits per heavy atom. The molecule has 2 aromatic carbocycles. The first kappa shape index (κ1) is 18.1. The lowest BCUT2D eigenvalue weighted by atomic mass is 10.0. The molecule has 1 aromatic heterocycles. The summed E-state index contributed by atoms with van der Waals surface area (Å²) in [5, 5.41) is 9.76. The summed E-state index contributed by atoms with van der Waals surface area (Å²) in [5.41, 5.74) is 3.90. The molecule has 0 radical (unpaired) electrons. The zero-order valence-electron chi connectivity index (χ0n) is 16.0. The Morgan fingerprint density at radius 1 is 1.21 bits per heavy atom. The van der Waals surface area contributed by atoms with E-state index in [0.29, 0.717) is 12.3 Å². The zero-order valence-corrected chi connectivity index (χ0v) is 16.0. The molecular weight excluding hydrogens is 354 g/mol. The normalized spacial score (nSPS) is 14.2. The van der Waals surface area contributed by atoms with Crippen molar-refractivity contribution in [1.82, 2.24) is 15.5 Å². The second kappa shape index (κ2) is 7.38. The summed E-state index contributed by atoms with van der Waals surface area (Å²) >= 11 is 0. The fourth-order valence-corrected chi connectivity index (χ4v) is 3.31. The average molecular weight is 377 g/mol. The molecule has 1 amide bonds. The Labute approximate surface area is 163 Å². The van der Waals surface area contributed by atoms with Gasteiger partial charge in [0.2, 0.25) is 0 Å². The largest absolute Gasteiger partial charge is 0.483 e. The van der Waals surface area contributed by atoms with E-state index in [1.54, 1.807) is 6.20 Å². The van der Waals surface area contributed by atoms with Crippen molar-refractivity contribution in [3.05, 3.63) is 65.9 Å². The third-order valence-corrected chi connectivity index (χ3v) is 4.67. The van der Waals surface area contributed by atoms with Gasteiger partial charge >= 0.3 is 0 Å². The van der Waals surface area contributed by atoms with Crippen LogP contribution < -0.4 is 14.8 Å². The summed E-state index contributed by atoms with van der Waals surface area (Å²) in [7, 11) is 0. The highest BCUT2D eigenvalue weighted by atomic mass is 16.5. The minimum Gasteiger partial charge on any atom is -0.483 e. The number of aromatic amines is 1. The van der Waals surface area contributed by atoms with E-state index in [9.17, 15) is 4.79 Å². The molecule has 0 atom stereocenters. The molecule has 2 N–H and O–H groups in total. The third kappa shape index (κ3) is 4.01. The number of nitrogens with zero attached hydrogens (tertiary/aromatic N) is 1. The Hall–Kier alpha value is -3.28. The number of amides is 1. The molecule has 0 bridgehead atoms. The number of carbonyl (C=O) groups is 1. The summed E-state index contributed by atoms with van der Waals surface area (Å²) in [6.07, 6.45) is 2.55. The summed E-state index contributed by atoms with van der Waals surface area (Å²) in [6.45, 7) is 4.48. The number of hydrogen-bond acceptors (Lipinski definition) is 4. The number of hydrogen-bond donors (Lipinski definition) is 2. The van der Waals surface area contributed by atoms with E-state index in [1.165, 1.54) is 0 Å². The SMILES string of the molecule is CC1(C)Cc2cccc(OCC(=O)NCc3ccc(-c4ccn[nH]4)cc3)c2O1. The molecule has 4 rings (SSSR count). The van der Waals surface area contributed by atoms with Crippen LogP contribution in [0.4, 0.5) is 0 Å². The standard InChI is InChI=1S/C22H23N3O3/c1-22(2)12-17-4-3-5-19(21(17)28-22)27-14-20(26)23-13-15-6-8-16(9-7-15)18-10-11-24-25-18/h3-11H,12-14H2,1-2H3,(H,23,26)(H,24,25). The van der Waals surface area contributed by atoms with E-state index >= 15 is 0 Å². The molecule has 0 saturated carbocycles. The number of para-hydroxylation sites is 1. The average Bonchev–Trinajstić information content (AvgIpc) is 3.31. The summed E-state index contributed by atoms with van der Waals surface area (Å²) in [4.78, 5) is 12.2. The Kier molecular flexibility index (Phi) is 4.77. The van der Waals surface area contributed by atoms with Crippen LogP contribution in [0, 0.1) is 0 Å². The fraction of sp³-hybridized carbons (Fsp3) is 0.273. The van der Waals surface area contributed by atoms with Crippen molar-refractivity contribution < 1.29 is 14.3 Å². The maximum atomic E-state index is 12.2. The number of rotatable bonds is 6. The zero-order chi connectivity index (χ0) is 19.6. The van der Waals surface area contributed by atoms with Gasteiger partial charge in [0.15, 0.2) is 18.1 Å². The van der Waals surface area contributed by atoms with Gasteiger partial charge < -0.3 is 14.8 Å². The number of fused-ring (bicyclic) bond motifs is 1. The molecule has 2 heterocycles. The van der Waals surface area contributed by atoms with E-state index in [0.717, 1.165) is 34.6 Å². The van der Waals surface area contributed by atoms with Crippen LogP contribution in [0.5, 0.6) is 11.5 Å². The quantitative estimate of drug-likeness (QED) is 0.689. The summed E-state index contributed by atoms with van der Waals surface area (Å²) in [6, 6.07) is 15.7. The molecule has 3 aromatic rings. The van der Waals surface area contributed by atoms with E-state index in [-0.39, 0.29) is 18.1 Å². The molecule has 6 heteroatoms. The molecule has 1 aliphatic heterocycles. The number of H-pyrrole nitrogens is 1. The maximum absolute atomic E-state index is 12.2. The Balaban J connectivity index is 1.30. The molecule has 0 saturated heterocycles. The Morgan fingerprint density at radius 2 is 2.04 bits per heavy atom. The van der Waals surface area contributed by atoms with Crippen LogP contribution in [0.2, 0.25) is 0 Å². The smallest absolute Gasteiger partial charge is 0.258 e. The van der Waals surface area contributed by atoms with Crippen LogP contribution in [0.25, 0.3) is 11.3 Å². The van der Waals surface area contributed by atoms with Crippen molar-refractivity contribution in [3.8, 4) is 22.8 Å². The predicted molar refractivity (Wildman–Crippen MR) is 106 cm³/mol. The molecule has 0 unspecified atom stereocenters. The topological polar surface area (TPSA) is 76.2 Å². The maximum Gasteiger partial charge on any atom is 0.258 e. The van der Waals surface area contributed by atoms with Crippen molar-refractivity contribution in [2.75, 3.05) is 6.61 Å². The number of benzene rings is 2. The van der Waals surface area contributed by atoms with Crippen molar-refractivity contribution >= 4 is 5.91 Å². The molecule has 0 fully saturated rings. The second-order valence-electron chi connectivity index (χ2n) is 7.52. The first-order valence-electron chi connectivity index (χ1n) is 9.29. The molecule has 0 spiro atoms. The van der Waals surface area contributed by atoms with Crippen LogP contribution >= 0.6 is 0 Å². The lowest BCUT2D eigenvalue weighted by Crippen LogP contribution is -2.28. The molecular formula is C22H23N3O3. The first-order chi connectivity index (χ1) is 13.5. The molecule has 6 nitrogen and oxygen atoms in total. The van der Waals surface area contributed by atoms with Gasteiger partial charge in [-0.1, -0.05) is 36.4 Å². The molecule has 144 valence electrons. The lowest BCUT2D eigenvalue weighted by molar-refractivity contribution is -0.123. The fourth-order valence-electron chi connectivity index (χ4n) is 3.31. The summed E-state index contributed by atoms with van der Waals surface area (Å²) < 4.78 is 11.7. The monoisotopic (exact) mass is 377 g/mol. The number of ether oxygens (including phenoxy) is 2. The van der Waals surface area contributed by atoms with Crippen molar-refractivity contribution in [3.63, 3.8) is 0 Å². The van der Waals surface area contributed by atoms with Crippen LogP contribution in [0.3, 0.4) is 0 Å². The van der Waals surface area contributed by atoms with Gasteiger partial charge in [-0.15, -0.1) is 0 Å². The second-order valence-corrected chi connectivity index (χ2v) is 7.52. The van der Waals surface area contributed by atoms with Gasteiger partial charge in [-0.3, -0.25) is 9.89 Å². The van der Waals surface area contributed by atoms with Crippen LogP contribution in [-0.2, 0) is 17.8 Å². The minimum atomic E-state index is -0.244. The molecule has 1 aliphatic rings. The van der Waals surface area contributed by atoms with E-state index < -0.39 is 0 Å². The van der Waals surface area contributed by atoms with Gasteiger partial charge in [0.25, 0.3) is 5.91 Å². The van der Waals surface area contributed by atoms with Gasteiger partial charge in [0, 0.05) is 24.7 Å². The van der Waals surface area contributed by atoms with Crippen LogP contribution in [0.1, 0.15) is 25.0 Å². The van der Waals surface area contributed by atoms with Gasteiger partial charge in [-0.25, -0.2) is 0 Å². The summed E-state index contributed by atoms with van der Waals surface area (Å²) in [5.74, 6) is 1.18. The van der Waals surface area contributed by atoms with Crippen LogP contribution in [-0.4, -0.2) is 28.3 Å². The van der Waals surface area contributed by atoms with Gasteiger partial charge in [-0.2, -0.15) is 5.10 Å². The van der Waals surface area contributed by atoms with Gasteiger partial charge in [-0.05, 0) is 37.1 Å². The van der Waals surface area contributed by atoms with Crippen molar-refractivity contribution in [1.29, 1.82) is 0 Å². The lowest BCUT2D eigenvalue weighted by Gasteiger charge is -2.18. The van der Waals surface area contributed by atoms with Crippen molar-refractivity contribution in [2.45, 2.75) is 32.4 Å². The first-order valence-corrected chi connectivity index (χ1v) is 9.29. The molecule has 28 heavy (non-hydrogen) atoms. The van der Waals surface area contributed by atoms with E-state index in [2.05, 4.69) is 15.5 Å². The highest BCUT2D eigenvalue weighted by molar-refractivity contribution is 5.77. The number of aromatic nitrogens is 2. The highest BCUT2D eigenvalue weighted by Crippen LogP contribution is 2.41. The van der Waals surface area contributed by atoms with Gasteiger partial charge in [0.1, 0.15) is 5.60 Å². The molecule has 0 aliphatic carbocycles. The number of carbonyl (C=O) groups excluding carboxylic acids is 1. The minimum absolute atomic E-state index is 0.0491. The highest BCUT2D eigenvalue weighted by Gasteiger charge is 2.32. The van der Waals surface area contributed by atoms with Crippen LogP contribution in [0.15, 0.2) is 54.7 Å².